The molecule has 0 heterocycles. The van der Waals surface area contributed by atoms with Crippen molar-refractivity contribution in [2.24, 2.45) is 0 Å². The topological polar surface area (TPSA) is 0 Å². The van der Waals surface area contributed by atoms with Crippen LogP contribution in [0.1, 0.15) is 312 Å². The maximum atomic E-state index is 10.7. The van der Waals surface area contributed by atoms with Crippen LogP contribution in [-0.2, 0) is 11.7 Å². The second-order valence-electron chi connectivity index (χ2n) is 20.1. The molecule has 391 valence electrons. The first kappa shape index (κ1) is 69.1. The molecular weight excluding hydrogens is 902 g/mol. The normalized spacial score (nSPS) is 12.3. The Morgan fingerprint density at radius 3 is 0.476 bits per heavy atom. The predicted octanol–water partition coefficient (Wildman–Crippen LogP) is 24.0. The van der Waals surface area contributed by atoms with Crippen LogP contribution in [0.3, 0.4) is 0 Å². The van der Waals surface area contributed by atoms with E-state index in [0.717, 1.165) is 0 Å². The van der Waals surface area contributed by atoms with Crippen LogP contribution in [0.15, 0.2) is 0 Å². The molecule has 7 heteroatoms. The van der Waals surface area contributed by atoms with Crippen molar-refractivity contribution in [3.8, 4) is 0 Å². The summed E-state index contributed by atoms with van der Waals surface area (Å²) in [6.45, 7) is 19.0. The molecule has 0 aromatic heterocycles. The summed E-state index contributed by atoms with van der Waals surface area (Å²) in [5, 5.41) is 0. The van der Waals surface area contributed by atoms with Crippen LogP contribution in [-0.4, -0.2) is 49.3 Å². The van der Waals surface area contributed by atoms with Crippen LogP contribution in [0.4, 0.5) is 7.16 Å². The first-order valence-electron chi connectivity index (χ1n) is 28.7. The molecular formula is C56H120Cl2CoF2P2. The first-order valence-corrected chi connectivity index (χ1v) is 37.4. The number of hydrogen-bond donors (Lipinski definition) is 0. The van der Waals surface area contributed by atoms with Gasteiger partial charge in [0.05, 0.1) is 49.3 Å². The Labute approximate surface area is 412 Å². The Hall–Kier alpha value is 1.81. The summed E-state index contributed by atoms with van der Waals surface area (Å²) in [6, 6.07) is 0. The van der Waals surface area contributed by atoms with Gasteiger partial charge in [-0.2, -0.15) is 0 Å². The second kappa shape index (κ2) is 54.7. The van der Waals surface area contributed by atoms with Crippen molar-refractivity contribution >= 4 is 34.8 Å². The fourth-order valence-corrected chi connectivity index (χ4v) is 20.0. The van der Waals surface area contributed by atoms with Crippen molar-refractivity contribution in [2.75, 3.05) is 49.3 Å². The van der Waals surface area contributed by atoms with Crippen LogP contribution in [0.2, 0.25) is 0 Å². The summed E-state index contributed by atoms with van der Waals surface area (Å²) < 4.78 is 21.3. The predicted molar refractivity (Wildman–Crippen MR) is 297 cm³/mol. The first-order chi connectivity index (χ1) is 30.5. The van der Waals surface area contributed by atoms with Gasteiger partial charge in [-0.05, 0) is 64.2 Å². The van der Waals surface area contributed by atoms with Crippen LogP contribution in [0.25, 0.3) is 0 Å². The third-order valence-corrected chi connectivity index (χ3v) is 24.0. The summed E-state index contributed by atoms with van der Waals surface area (Å²) in [5.41, 5.74) is 0. The number of hydrogen-bond acceptors (Lipinski definition) is 0. The van der Waals surface area contributed by atoms with Crippen molar-refractivity contribution < 1.29 is 18.9 Å². The third kappa shape index (κ3) is 56.3. The Kier molecular flexibility index (Phi) is 60.0. The molecule has 0 fully saturated rings. The van der Waals surface area contributed by atoms with Crippen molar-refractivity contribution in [1.82, 2.24) is 0 Å². The van der Waals surface area contributed by atoms with E-state index in [0.29, 0.717) is 0 Å². The van der Waals surface area contributed by atoms with Gasteiger partial charge in [-0.3, -0.25) is 0 Å². The van der Waals surface area contributed by atoms with Gasteiger partial charge < -0.3 is 0 Å². The molecule has 0 aliphatic heterocycles. The molecule has 0 aliphatic carbocycles. The molecule has 0 aromatic rings. The van der Waals surface area contributed by atoms with Gasteiger partial charge in [0, 0.05) is 14.5 Å². The molecule has 0 amide bonds. The minimum atomic E-state index is -4.43. The van der Waals surface area contributed by atoms with E-state index in [1.807, 2.05) is 0 Å². The van der Waals surface area contributed by atoms with Crippen molar-refractivity contribution in [3.63, 3.8) is 0 Å². The van der Waals surface area contributed by atoms with Gasteiger partial charge in [0.25, 0.3) is 0 Å². The number of unbranched alkanes of at least 4 members (excludes halogenated alkanes) is 32. The fraction of sp³-hybridized carbons (Fsp3) is 1.00. The van der Waals surface area contributed by atoms with E-state index in [4.69, 9.17) is 0 Å². The molecule has 0 rings (SSSR count). The van der Waals surface area contributed by atoms with Crippen molar-refractivity contribution in [1.29, 1.82) is 0 Å². The molecule has 0 spiro atoms. The van der Waals surface area contributed by atoms with Gasteiger partial charge in [0.15, 0.2) is 0 Å². The summed E-state index contributed by atoms with van der Waals surface area (Å²) in [5.74, 6) is 0. The average molecular weight is 1020 g/mol. The molecule has 0 N–H and O–H groups in total. The molecule has 63 heavy (non-hydrogen) atoms. The van der Waals surface area contributed by atoms with E-state index < -0.39 is 26.2 Å². The number of rotatable bonds is 48. The zero-order valence-electron chi connectivity index (χ0n) is 44.7. The molecule has 0 aliphatic rings. The van der Waals surface area contributed by atoms with Gasteiger partial charge in [-0.25, -0.2) is 0 Å². The Morgan fingerprint density at radius 1 is 0.222 bits per heavy atom. The van der Waals surface area contributed by atoms with Gasteiger partial charge >= 0.3 is 39.2 Å². The molecule has 0 bridgehead atoms. The summed E-state index contributed by atoms with van der Waals surface area (Å²) >= 11 is -4.43. The van der Waals surface area contributed by atoms with E-state index in [1.54, 1.807) is 62.1 Å². The standard InChI is InChI=1S/2C28H60P.2ClH.Co.2FH/c2*1-5-9-13-14-15-16-17-18-19-20-21-22-23-24-28-29(25-10-6-2,26-11-7-3)27-12-8-4;;;;;/h2*5-28H2,1-4H3;2*1H;;2*1H/q2*+1;;;+2;;/p-4. The van der Waals surface area contributed by atoms with E-state index in [-0.39, 0.29) is 0 Å². The summed E-state index contributed by atoms with van der Waals surface area (Å²) in [4.78, 5) is 0. The van der Waals surface area contributed by atoms with Crippen LogP contribution >= 0.6 is 34.8 Å². The summed E-state index contributed by atoms with van der Waals surface area (Å²) in [7, 11) is 6.88. The molecule has 0 atom stereocenters. The zero-order valence-corrected chi connectivity index (χ0v) is 49.0. The van der Waals surface area contributed by atoms with Crippen LogP contribution in [0, 0.1) is 0 Å². The Morgan fingerprint density at radius 2 is 0.333 bits per heavy atom. The third-order valence-electron chi connectivity index (χ3n) is 13.9. The maximum absolute atomic E-state index is 10.7. The quantitative estimate of drug-likeness (QED) is 0.0421. The van der Waals surface area contributed by atoms with Gasteiger partial charge in [-0.15, -0.1) is 0 Å². The van der Waals surface area contributed by atoms with E-state index in [1.165, 1.54) is 244 Å². The van der Waals surface area contributed by atoms with Crippen LogP contribution < -0.4 is 0 Å². The summed E-state index contributed by atoms with van der Waals surface area (Å²) in [6.07, 6.45) is 71.9. The number of halogens is 4. The molecule has 0 unspecified atom stereocenters. The van der Waals surface area contributed by atoms with Crippen molar-refractivity contribution in [2.45, 2.75) is 312 Å². The monoisotopic (exact) mass is 1020 g/mol. The zero-order chi connectivity index (χ0) is 47.4. The molecule has 0 saturated carbocycles. The second-order valence-corrected chi connectivity index (χ2v) is 33.0. The molecule has 0 radical (unpaired) electrons. The van der Waals surface area contributed by atoms with Gasteiger partial charge in [0.1, 0.15) is 0 Å². The van der Waals surface area contributed by atoms with E-state index >= 15 is 0 Å². The molecule has 0 aromatic carbocycles. The van der Waals surface area contributed by atoms with Gasteiger partial charge in [0.2, 0.25) is 0 Å². The van der Waals surface area contributed by atoms with Crippen LogP contribution in [0.5, 0.6) is 0 Å². The van der Waals surface area contributed by atoms with E-state index in [2.05, 4.69) is 75.7 Å². The SMILES string of the molecule is CCCCCCCCCCCCCCCC[P+](CCCC)(CCCC)CCCC.CCCCCCCCCCCCCCCC[P+](CCCC)(CCCC)CCCC.[F][Co-2]([F])([Cl])[Cl]. The Balaban J connectivity index is -0.00000103. The van der Waals surface area contributed by atoms with E-state index in [9.17, 15) is 7.16 Å². The molecule has 0 saturated heterocycles. The minimum absolute atomic E-state index is 0.630. The average Bonchev–Trinajstić information content (AvgIpc) is 3.26. The fourth-order valence-electron chi connectivity index (χ4n) is 9.59. The molecule has 0 nitrogen and oxygen atoms in total. The van der Waals surface area contributed by atoms with Gasteiger partial charge in [-0.1, -0.05) is 248 Å². The Bertz CT molecular complexity index is 720. The van der Waals surface area contributed by atoms with Crippen molar-refractivity contribution in [3.05, 3.63) is 0 Å².